The predicted molar refractivity (Wildman–Crippen MR) is 113 cm³/mol. The van der Waals surface area contributed by atoms with Crippen LogP contribution < -0.4 is 10.2 Å². The molecule has 0 fully saturated rings. The lowest BCUT2D eigenvalue weighted by atomic mass is 10.2. The quantitative estimate of drug-likeness (QED) is 0.538. The van der Waals surface area contributed by atoms with Gasteiger partial charge in [0.05, 0.1) is 11.7 Å². The molecule has 29 heavy (non-hydrogen) atoms. The van der Waals surface area contributed by atoms with Crippen LogP contribution in [-0.2, 0) is 4.79 Å². The minimum absolute atomic E-state index is 0.141. The number of pyridine rings is 1. The van der Waals surface area contributed by atoms with Crippen LogP contribution in [0.3, 0.4) is 0 Å². The van der Waals surface area contributed by atoms with Gasteiger partial charge in [0.15, 0.2) is 17.5 Å². The van der Waals surface area contributed by atoms with Gasteiger partial charge in [-0.25, -0.2) is 9.97 Å². The van der Waals surface area contributed by atoms with E-state index in [1.54, 1.807) is 13.2 Å². The van der Waals surface area contributed by atoms with Crippen molar-refractivity contribution in [1.29, 1.82) is 0 Å². The first-order valence-corrected chi connectivity index (χ1v) is 9.84. The van der Waals surface area contributed by atoms with E-state index in [2.05, 4.69) is 60.3 Å². The van der Waals surface area contributed by atoms with Crippen LogP contribution in [0.15, 0.2) is 36.9 Å². The summed E-state index contributed by atoms with van der Waals surface area (Å²) in [5.74, 6) is 1.25. The summed E-state index contributed by atoms with van der Waals surface area (Å²) in [6, 6.07) is 4.41. The van der Waals surface area contributed by atoms with Crippen LogP contribution in [0.2, 0.25) is 0 Å². The Kier molecular flexibility index (Phi) is 4.93. The molecule has 0 saturated heterocycles. The SMILES string of the molecule is CC(=O)N(C)c1nccnc1Nc1nc(-c2cc3ccn(C(C)C)c3cn2)ns1. The highest BCUT2D eigenvalue weighted by molar-refractivity contribution is 7.09. The van der Waals surface area contributed by atoms with E-state index in [1.807, 2.05) is 12.3 Å². The van der Waals surface area contributed by atoms with Crippen LogP contribution in [0, 0.1) is 0 Å². The molecule has 4 heterocycles. The Morgan fingerprint density at radius 1 is 1.24 bits per heavy atom. The Balaban J connectivity index is 1.61. The van der Waals surface area contributed by atoms with Crippen molar-refractivity contribution in [3.63, 3.8) is 0 Å². The molecular formula is C19H20N8OS. The number of carbonyl (C=O) groups is 1. The van der Waals surface area contributed by atoms with Gasteiger partial charge in [-0.15, -0.1) is 0 Å². The zero-order valence-electron chi connectivity index (χ0n) is 16.5. The van der Waals surface area contributed by atoms with Crippen molar-refractivity contribution in [3.05, 3.63) is 36.9 Å². The minimum Gasteiger partial charge on any atom is -0.344 e. The lowest BCUT2D eigenvalue weighted by molar-refractivity contribution is -0.116. The molecule has 0 bridgehead atoms. The molecule has 0 aliphatic rings. The summed E-state index contributed by atoms with van der Waals surface area (Å²) in [6.07, 6.45) is 7.00. The van der Waals surface area contributed by atoms with E-state index in [1.165, 1.54) is 29.6 Å². The van der Waals surface area contributed by atoms with Gasteiger partial charge in [0.2, 0.25) is 11.0 Å². The second kappa shape index (κ2) is 7.55. The summed E-state index contributed by atoms with van der Waals surface area (Å²) < 4.78 is 6.59. The average Bonchev–Trinajstić information content (AvgIpc) is 3.34. The highest BCUT2D eigenvalue weighted by atomic mass is 32.1. The summed E-state index contributed by atoms with van der Waals surface area (Å²) in [6.45, 7) is 5.74. The monoisotopic (exact) mass is 408 g/mol. The van der Waals surface area contributed by atoms with Gasteiger partial charge < -0.3 is 9.88 Å². The van der Waals surface area contributed by atoms with Crippen LogP contribution >= 0.6 is 11.5 Å². The first-order chi connectivity index (χ1) is 13.9. The van der Waals surface area contributed by atoms with E-state index < -0.39 is 0 Å². The van der Waals surface area contributed by atoms with Crippen molar-refractivity contribution in [2.45, 2.75) is 26.8 Å². The van der Waals surface area contributed by atoms with Gasteiger partial charge in [-0.2, -0.15) is 9.36 Å². The summed E-state index contributed by atoms with van der Waals surface area (Å²) in [5, 5.41) is 4.73. The number of carbonyl (C=O) groups excluding carboxylic acids is 1. The van der Waals surface area contributed by atoms with Gasteiger partial charge >= 0.3 is 0 Å². The molecule has 9 nitrogen and oxygen atoms in total. The number of hydrogen-bond donors (Lipinski definition) is 1. The zero-order valence-corrected chi connectivity index (χ0v) is 17.3. The van der Waals surface area contributed by atoms with Crippen molar-refractivity contribution in [2.75, 3.05) is 17.3 Å². The van der Waals surface area contributed by atoms with Crippen molar-refractivity contribution < 1.29 is 4.79 Å². The minimum atomic E-state index is -0.141. The van der Waals surface area contributed by atoms with Crippen LogP contribution in [0.4, 0.5) is 16.8 Å². The first kappa shape index (κ1) is 18.9. The molecule has 4 aromatic heterocycles. The number of rotatable bonds is 5. The van der Waals surface area contributed by atoms with Gasteiger partial charge in [0, 0.05) is 55.5 Å². The van der Waals surface area contributed by atoms with Gasteiger partial charge in [-0.05, 0) is 26.0 Å². The van der Waals surface area contributed by atoms with Gasteiger partial charge in [-0.3, -0.25) is 14.7 Å². The Bertz CT molecular complexity index is 1180. The number of amides is 1. The van der Waals surface area contributed by atoms with Crippen molar-refractivity contribution in [3.8, 4) is 11.5 Å². The summed E-state index contributed by atoms with van der Waals surface area (Å²) >= 11 is 1.19. The molecule has 0 aliphatic carbocycles. The third-order valence-corrected chi connectivity index (χ3v) is 5.14. The molecule has 0 atom stereocenters. The summed E-state index contributed by atoms with van der Waals surface area (Å²) in [4.78, 5) is 30.7. The molecular weight excluding hydrogens is 388 g/mol. The molecule has 0 radical (unpaired) electrons. The fourth-order valence-corrected chi connectivity index (χ4v) is 3.50. The van der Waals surface area contributed by atoms with Crippen LogP contribution in [0.5, 0.6) is 0 Å². The highest BCUT2D eigenvalue weighted by Crippen LogP contribution is 2.28. The van der Waals surface area contributed by atoms with Crippen LogP contribution in [-0.4, -0.2) is 41.8 Å². The Morgan fingerprint density at radius 3 is 2.79 bits per heavy atom. The molecule has 148 valence electrons. The van der Waals surface area contributed by atoms with E-state index in [9.17, 15) is 4.79 Å². The standard InChI is InChI=1S/C19H20N8OS/c1-11(2)27-8-5-13-9-14(22-10-15(13)27)16-23-19(29-25-16)24-17-18(21-7-6-20-17)26(4)12(3)28/h5-11H,1-4H3,(H,20,23,24,25). The Labute approximate surface area is 171 Å². The lowest BCUT2D eigenvalue weighted by Crippen LogP contribution is -2.25. The maximum Gasteiger partial charge on any atom is 0.224 e. The zero-order chi connectivity index (χ0) is 20.5. The highest BCUT2D eigenvalue weighted by Gasteiger charge is 2.16. The van der Waals surface area contributed by atoms with E-state index in [0.29, 0.717) is 34.3 Å². The largest absolute Gasteiger partial charge is 0.344 e. The predicted octanol–water partition coefficient (Wildman–Crippen LogP) is 3.65. The van der Waals surface area contributed by atoms with E-state index in [4.69, 9.17) is 0 Å². The second-order valence-electron chi connectivity index (χ2n) is 6.80. The smallest absolute Gasteiger partial charge is 0.224 e. The number of hydrogen-bond acceptors (Lipinski definition) is 8. The Hall–Kier alpha value is -3.40. The van der Waals surface area contributed by atoms with Crippen molar-refractivity contribution in [1.82, 2.24) is 28.9 Å². The molecule has 4 rings (SSSR count). The molecule has 0 aromatic carbocycles. The number of fused-ring (bicyclic) bond motifs is 1. The second-order valence-corrected chi connectivity index (χ2v) is 7.55. The lowest BCUT2D eigenvalue weighted by Gasteiger charge is -2.16. The third-order valence-electron chi connectivity index (χ3n) is 4.51. The molecule has 10 heteroatoms. The fraction of sp³-hybridized carbons (Fsp3) is 0.263. The molecule has 4 aromatic rings. The molecule has 0 aliphatic heterocycles. The molecule has 1 N–H and O–H groups in total. The topological polar surface area (TPSA) is 102 Å². The normalized spacial score (nSPS) is 11.2. The number of aromatic nitrogens is 6. The maximum atomic E-state index is 11.7. The third kappa shape index (κ3) is 3.66. The van der Waals surface area contributed by atoms with Crippen LogP contribution in [0.1, 0.15) is 26.8 Å². The van der Waals surface area contributed by atoms with Crippen molar-refractivity contribution >= 4 is 45.1 Å². The van der Waals surface area contributed by atoms with Gasteiger partial charge in [0.1, 0.15) is 5.69 Å². The van der Waals surface area contributed by atoms with E-state index >= 15 is 0 Å². The summed E-state index contributed by atoms with van der Waals surface area (Å²) in [5.41, 5.74) is 1.78. The van der Waals surface area contributed by atoms with Crippen LogP contribution in [0.25, 0.3) is 22.4 Å². The number of nitrogens with zero attached hydrogens (tertiary/aromatic N) is 7. The molecule has 1 amide bonds. The average molecular weight is 408 g/mol. The Morgan fingerprint density at radius 2 is 2.03 bits per heavy atom. The van der Waals surface area contributed by atoms with E-state index in [0.717, 1.165) is 10.9 Å². The van der Waals surface area contributed by atoms with E-state index in [-0.39, 0.29) is 5.91 Å². The molecule has 0 saturated carbocycles. The number of nitrogens with one attached hydrogen (secondary N) is 1. The maximum absolute atomic E-state index is 11.7. The summed E-state index contributed by atoms with van der Waals surface area (Å²) in [7, 11) is 1.64. The number of anilines is 3. The van der Waals surface area contributed by atoms with Crippen molar-refractivity contribution in [2.24, 2.45) is 0 Å². The first-order valence-electron chi connectivity index (χ1n) is 9.07. The fourth-order valence-electron chi connectivity index (χ4n) is 2.92. The molecule has 0 spiro atoms. The van der Waals surface area contributed by atoms with Gasteiger partial charge in [-0.1, -0.05) is 0 Å². The molecule has 0 unspecified atom stereocenters. The van der Waals surface area contributed by atoms with Gasteiger partial charge in [0.25, 0.3) is 0 Å².